The van der Waals surface area contributed by atoms with Gasteiger partial charge in [-0.25, -0.2) is 0 Å². The van der Waals surface area contributed by atoms with Gasteiger partial charge in [-0.05, 0) is 24.3 Å². The molecule has 0 spiro atoms. The maximum absolute atomic E-state index is 13.1. The van der Waals surface area contributed by atoms with E-state index in [4.69, 9.17) is 4.74 Å². The van der Waals surface area contributed by atoms with Crippen LogP contribution >= 0.6 is 0 Å². The summed E-state index contributed by atoms with van der Waals surface area (Å²) in [4.78, 5) is 13.1. The smallest absolute Gasteiger partial charge is 0.390 e. The normalized spacial score (nSPS) is 26.9. The number of anilines is 1. The lowest BCUT2D eigenvalue weighted by molar-refractivity contribution is -0.141. The molecule has 13 heteroatoms. The van der Waals surface area contributed by atoms with Crippen molar-refractivity contribution in [2.45, 2.75) is 43.0 Å². The highest BCUT2D eigenvalue weighted by molar-refractivity contribution is 5.95. The number of aliphatic hydroxyl groups excluding tert-OH is 1. The van der Waals surface area contributed by atoms with Gasteiger partial charge in [0.1, 0.15) is 6.07 Å². The quantitative estimate of drug-likeness (QED) is 0.666. The highest BCUT2D eigenvalue weighted by Crippen LogP contribution is 2.50. The number of fused-ring (bicyclic) bond motifs is 2. The molecule has 2 aliphatic heterocycles. The Balaban J connectivity index is 1.69. The zero-order valence-electron chi connectivity index (χ0n) is 16.8. The number of carbonyl (C=O) groups is 1. The molecular formula is C20H16F6N4O3. The molecule has 4 rings (SSSR count). The van der Waals surface area contributed by atoms with Crippen LogP contribution in [0.25, 0.3) is 0 Å². The Morgan fingerprint density at radius 3 is 2.52 bits per heavy atom. The second kappa shape index (κ2) is 7.74. The first-order valence-electron chi connectivity index (χ1n) is 9.68. The second-order valence-corrected chi connectivity index (χ2v) is 7.93. The van der Waals surface area contributed by atoms with E-state index in [0.29, 0.717) is 12.1 Å². The molecule has 1 amide bonds. The number of aromatic nitrogens is 2. The standard InChI is InChI=1S/C20H16F6N4O3/c1-30-11(5-14(29-30)20(24,25)26)15-16(13-6-12(31)17(15)33-13)18(32)28-10-4-9(19(21,22)23)3-2-8(10)7-27/h2-5,12-13,15-17,31H,6H2,1H3,(H,28,32)/t12-,13+,15+,16-,17-/m1/s1. The van der Waals surface area contributed by atoms with Crippen LogP contribution in [0.4, 0.5) is 32.0 Å². The van der Waals surface area contributed by atoms with E-state index in [9.17, 15) is 41.5 Å². The highest BCUT2D eigenvalue weighted by Gasteiger charge is 2.58. The summed E-state index contributed by atoms with van der Waals surface area (Å²) in [6.07, 6.45) is -12.4. The fourth-order valence-electron chi connectivity index (χ4n) is 4.46. The lowest BCUT2D eigenvalue weighted by Crippen LogP contribution is -2.41. The van der Waals surface area contributed by atoms with Crippen LogP contribution in [-0.4, -0.2) is 39.1 Å². The molecule has 0 radical (unpaired) electrons. The third kappa shape index (κ3) is 4.04. The maximum atomic E-state index is 13.1. The van der Waals surface area contributed by atoms with E-state index in [2.05, 4.69) is 10.4 Å². The zero-order valence-corrected chi connectivity index (χ0v) is 16.8. The van der Waals surface area contributed by atoms with Crippen LogP contribution in [0.1, 0.15) is 34.9 Å². The molecule has 2 saturated heterocycles. The molecule has 33 heavy (non-hydrogen) atoms. The second-order valence-electron chi connectivity index (χ2n) is 7.93. The van der Waals surface area contributed by atoms with Crippen molar-refractivity contribution in [3.05, 3.63) is 46.8 Å². The van der Waals surface area contributed by atoms with E-state index in [0.717, 1.165) is 16.8 Å². The molecule has 2 aliphatic rings. The van der Waals surface area contributed by atoms with Crippen molar-refractivity contribution in [1.29, 1.82) is 5.26 Å². The first-order valence-corrected chi connectivity index (χ1v) is 9.68. The van der Waals surface area contributed by atoms with Crippen molar-refractivity contribution in [2.24, 2.45) is 13.0 Å². The van der Waals surface area contributed by atoms with E-state index in [1.54, 1.807) is 6.07 Å². The molecule has 176 valence electrons. The topological polar surface area (TPSA) is 100 Å². The van der Waals surface area contributed by atoms with Gasteiger partial charge in [0.15, 0.2) is 5.69 Å². The summed E-state index contributed by atoms with van der Waals surface area (Å²) in [5.41, 5.74) is -2.91. The van der Waals surface area contributed by atoms with E-state index in [1.165, 1.54) is 7.05 Å². The zero-order chi connectivity index (χ0) is 24.3. The number of nitrogens with zero attached hydrogens (tertiary/aromatic N) is 3. The molecule has 0 unspecified atom stereocenters. The Bertz CT molecular complexity index is 1140. The molecular weight excluding hydrogens is 458 g/mol. The minimum atomic E-state index is -4.75. The number of nitrogens with one attached hydrogen (secondary N) is 1. The van der Waals surface area contributed by atoms with Crippen molar-refractivity contribution in [2.75, 3.05) is 5.32 Å². The van der Waals surface area contributed by atoms with Gasteiger partial charge in [-0.1, -0.05) is 0 Å². The van der Waals surface area contributed by atoms with Crippen molar-refractivity contribution >= 4 is 11.6 Å². The monoisotopic (exact) mass is 474 g/mol. The average molecular weight is 474 g/mol. The van der Waals surface area contributed by atoms with Crippen LogP contribution in [0, 0.1) is 17.2 Å². The molecule has 0 aliphatic carbocycles. The number of nitriles is 1. The third-order valence-electron chi connectivity index (χ3n) is 5.90. The molecule has 7 nitrogen and oxygen atoms in total. The number of hydrogen-bond donors (Lipinski definition) is 2. The van der Waals surface area contributed by atoms with Gasteiger partial charge in [0.25, 0.3) is 0 Å². The van der Waals surface area contributed by atoms with E-state index in [1.807, 2.05) is 0 Å². The van der Waals surface area contributed by atoms with Gasteiger partial charge in [0.05, 0.1) is 41.0 Å². The third-order valence-corrected chi connectivity index (χ3v) is 5.90. The van der Waals surface area contributed by atoms with Crippen LogP contribution in [0.5, 0.6) is 0 Å². The predicted octanol–water partition coefficient (Wildman–Crippen LogP) is 3.20. The van der Waals surface area contributed by atoms with Gasteiger partial charge in [-0.15, -0.1) is 0 Å². The number of hydrogen-bond acceptors (Lipinski definition) is 5. The van der Waals surface area contributed by atoms with Crippen molar-refractivity contribution in [1.82, 2.24) is 9.78 Å². The van der Waals surface area contributed by atoms with E-state index in [-0.39, 0.29) is 23.4 Å². The molecule has 1 aromatic heterocycles. The van der Waals surface area contributed by atoms with Crippen LogP contribution in [0.2, 0.25) is 0 Å². The number of halogens is 6. The summed E-state index contributed by atoms with van der Waals surface area (Å²) >= 11 is 0. The number of aryl methyl sites for hydroxylation is 1. The fourth-order valence-corrected chi connectivity index (χ4v) is 4.46. The number of carbonyl (C=O) groups excluding carboxylic acids is 1. The minimum Gasteiger partial charge on any atom is -0.390 e. The van der Waals surface area contributed by atoms with Crippen LogP contribution < -0.4 is 5.32 Å². The summed E-state index contributed by atoms with van der Waals surface area (Å²) in [6, 6.07) is 4.67. The Hall–Kier alpha value is -3.11. The summed E-state index contributed by atoms with van der Waals surface area (Å²) in [5, 5.41) is 25.2. The van der Waals surface area contributed by atoms with Gasteiger partial charge in [0.2, 0.25) is 5.91 Å². The Morgan fingerprint density at radius 1 is 1.24 bits per heavy atom. The Kier molecular flexibility index (Phi) is 5.41. The lowest BCUT2D eigenvalue weighted by atomic mass is 9.75. The molecule has 1 aromatic carbocycles. The van der Waals surface area contributed by atoms with Crippen LogP contribution in [0.3, 0.4) is 0 Å². The highest BCUT2D eigenvalue weighted by atomic mass is 19.4. The van der Waals surface area contributed by atoms with Crippen molar-refractivity contribution < 1.29 is 41.0 Å². The number of rotatable bonds is 3. The Labute approximate surface area is 182 Å². The molecule has 5 atom stereocenters. The van der Waals surface area contributed by atoms with Crippen LogP contribution in [-0.2, 0) is 28.9 Å². The number of benzene rings is 1. The number of aliphatic hydroxyl groups is 1. The van der Waals surface area contributed by atoms with E-state index < -0.39 is 59.7 Å². The predicted molar refractivity (Wildman–Crippen MR) is 98.5 cm³/mol. The molecule has 0 saturated carbocycles. The lowest BCUT2D eigenvalue weighted by Gasteiger charge is -2.30. The van der Waals surface area contributed by atoms with Gasteiger partial charge in [0, 0.05) is 25.1 Å². The van der Waals surface area contributed by atoms with Crippen molar-refractivity contribution in [3.8, 4) is 6.07 Å². The SMILES string of the molecule is Cn1nc(C(F)(F)F)cc1[C@@H]1[C@@H]2O[C@@H](C[C@H]2O)[C@H]1C(=O)Nc1cc(C(F)(F)F)ccc1C#N. The minimum absolute atomic E-state index is 0.0155. The van der Waals surface area contributed by atoms with E-state index >= 15 is 0 Å². The van der Waals surface area contributed by atoms with Crippen molar-refractivity contribution in [3.63, 3.8) is 0 Å². The Morgan fingerprint density at radius 2 is 1.94 bits per heavy atom. The molecule has 2 aromatic rings. The summed E-state index contributed by atoms with van der Waals surface area (Å²) in [7, 11) is 1.25. The maximum Gasteiger partial charge on any atom is 0.435 e. The molecule has 2 bridgehead atoms. The fraction of sp³-hybridized carbons (Fsp3) is 0.450. The van der Waals surface area contributed by atoms with Gasteiger partial charge in [-0.2, -0.15) is 36.7 Å². The number of amides is 1. The van der Waals surface area contributed by atoms with Gasteiger partial charge in [-0.3, -0.25) is 9.48 Å². The average Bonchev–Trinajstić information content (AvgIpc) is 3.38. The molecule has 2 fully saturated rings. The number of alkyl halides is 6. The first kappa shape index (κ1) is 23.1. The molecule has 3 heterocycles. The summed E-state index contributed by atoms with van der Waals surface area (Å²) in [6.45, 7) is 0. The van der Waals surface area contributed by atoms with Gasteiger partial charge >= 0.3 is 12.4 Å². The molecule has 2 N–H and O–H groups in total. The summed E-state index contributed by atoms with van der Waals surface area (Å²) in [5.74, 6) is -3.01. The summed E-state index contributed by atoms with van der Waals surface area (Å²) < 4.78 is 85.2. The largest absolute Gasteiger partial charge is 0.435 e. The van der Waals surface area contributed by atoms with Crippen LogP contribution in [0.15, 0.2) is 24.3 Å². The number of ether oxygens (including phenoxy) is 1. The first-order chi connectivity index (χ1) is 15.3. The van der Waals surface area contributed by atoms with Gasteiger partial charge < -0.3 is 15.2 Å².